The summed E-state index contributed by atoms with van der Waals surface area (Å²) in [4.78, 5) is 13.6. The van der Waals surface area contributed by atoms with Crippen molar-refractivity contribution in [2.45, 2.75) is 71.1 Å². The number of rotatable bonds is 11. The van der Waals surface area contributed by atoms with E-state index in [9.17, 15) is 4.79 Å². The topological polar surface area (TPSA) is 32.9 Å². The third-order valence-electron chi connectivity index (χ3n) is 3.45. The average molecular weight is 249 g/mol. The molecule has 102 valence electrons. The van der Waals surface area contributed by atoms with E-state index in [2.05, 4.69) is 11.9 Å². The number of aromatic amines is 1. The Balaban J connectivity index is 1.91. The van der Waals surface area contributed by atoms with E-state index in [4.69, 9.17) is 0 Å². The Hall–Kier alpha value is -1.05. The molecule has 0 radical (unpaired) electrons. The zero-order valence-corrected chi connectivity index (χ0v) is 11.7. The van der Waals surface area contributed by atoms with Crippen LogP contribution in [0.1, 0.15) is 80.9 Å². The molecule has 2 heteroatoms. The van der Waals surface area contributed by atoms with Crippen LogP contribution in [0.15, 0.2) is 12.1 Å². The lowest BCUT2D eigenvalue weighted by Gasteiger charge is -2.01. The summed E-state index contributed by atoms with van der Waals surface area (Å²) >= 11 is 0. The van der Waals surface area contributed by atoms with Gasteiger partial charge in [-0.1, -0.05) is 58.3 Å². The highest BCUT2D eigenvalue weighted by atomic mass is 16.1. The van der Waals surface area contributed by atoms with Crippen LogP contribution in [0.25, 0.3) is 0 Å². The second kappa shape index (κ2) is 9.93. The monoisotopic (exact) mass is 249 g/mol. The van der Waals surface area contributed by atoms with Crippen LogP contribution >= 0.6 is 0 Å². The van der Waals surface area contributed by atoms with Crippen LogP contribution in [-0.4, -0.2) is 11.3 Å². The van der Waals surface area contributed by atoms with Crippen molar-refractivity contribution < 1.29 is 4.79 Å². The highest BCUT2D eigenvalue weighted by Crippen LogP contribution is 2.11. The van der Waals surface area contributed by atoms with Crippen LogP contribution in [0, 0.1) is 0 Å². The average Bonchev–Trinajstić information content (AvgIpc) is 2.85. The zero-order chi connectivity index (χ0) is 13.1. The fourth-order valence-electron chi connectivity index (χ4n) is 2.30. The van der Waals surface area contributed by atoms with Gasteiger partial charge in [-0.15, -0.1) is 0 Å². The van der Waals surface area contributed by atoms with Crippen molar-refractivity contribution in [2.75, 3.05) is 0 Å². The van der Waals surface area contributed by atoms with Crippen LogP contribution in [-0.2, 0) is 6.42 Å². The lowest BCUT2D eigenvalue weighted by molar-refractivity contribution is 0.111. The molecule has 1 rings (SSSR count). The minimum Gasteiger partial charge on any atom is -0.356 e. The highest BCUT2D eigenvalue weighted by molar-refractivity contribution is 5.71. The summed E-state index contributed by atoms with van der Waals surface area (Å²) in [6, 6.07) is 3.88. The van der Waals surface area contributed by atoms with E-state index in [0.29, 0.717) is 5.69 Å². The summed E-state index contributed by atoms with van der Waals surface area (Å²) in [6.07, 6.45) is 14.2. The molecule has 0 spiro atoms. The van der Waals surface area contributed by atoms with Crippen molar-refractivity contribution in [3.8, 4) is 0 Å². The van der Waals surface area contributed by atoms with E-state index < -0.39 is 0 Å². The SMILES string of the molecule is CCCCCCCCCCCc1ccc(C=O)[nH]1. The molecule has 0 saturated heterocycles. The van der Waals surface area contributed by atoms with Gasteiger partial charge in [-0.25, -0.2) is 0 Å². The Kier molecular flexibility index (Phi) is 8.28. The molecule has 0 aliphatic carbocycles. The molecule has 0 unspecified atom stereocenters. The van der Waals surface area contributed by atoms with Crippen molar-refractivity contribution in [3.63, 3.8) is 0 Å². The summed E-state index contributed by atoms with van der Waals surface area (Å²) < 4.78 is 0. The number of hydrogen-bond donors (Lipinski definition) is 1. The van der Waals surface area contributed by atoms with E-state index >= 15 is 0 Å². The number of carbonyl (C=O) groups excluding carboxylic acids is 1. The molecular formula is C16H27NO. The summed E-state index contributed by atoms with van der Waals surface area (Å²) in [6.45, 7) is 2.26. The van der Waals surface area contributed by atoms with Gasteiger partial charge >= 0.3 is 0 Å². The maximum Gasteiger partial charge on any atom is 0.166 e. The van der Waals surface area contributed by atoms with Crippen LogP contribution in [0.2, 0.25) is 0 Å². The number of hydrogen-bond acceptors (Lipinski definition) is 1. The molecule has 1 aromatic rings. The smallest absolute Gasteiger partial charge is 0.166 e. The van der Waals surface area contributed by atoms with Crippen LogP contribution in [0.4, 0.5) is 0 Å². The van der Waals surface area contributed by atoms with E-state index in [0.717, 1.165) is 12.7 Å². The first-order valence-electron chi connectivity index (χ1n) is 7.50. The number of aryl methyl sites for hydroxylation is 1. The molecule has 0 aliphatic heterocycles. The molecule has 1 heterocycles. The second-order valence-corrected chi connectivity index (χ2v) is 5.14. The molecule has 1 N–H and O–H groups in total. The van der Waals surface area contributed by atoms with E-state index in [-0.39, 0.29) is 0 Å². The first-order valence-corrected chi connectivity index (χ1v) is 7.50. The molecule has 0 amide bonds. The predicted octanol–water partition coefficient (Wildman–Crippen LogP) is 4.90. The van der Waals surface area contributed by atoms with Crippen LogP contribution in [0.3, 0.4) is 0 Å². The van der Waals surface area contributed by atoms with E-state index in [1.165, 1.54) is 63.5 Å². The first kappa shape index (κ1) is 15.0. The first-order chi connectivity index (χ1) is 8.86. The van der Waals surface area contributed by atoms with Gasteiger partial charge in [-0.05, 0) is 25.0 Å². The molecule has 0 aromatic carbocycles. The lowest BCUT2D eigenvalue weighted by atomic mass is 10.1. The molecular weight excluding hydrogens is 222 g/mol. The number of nitrogens with one attached hydrogen (secondary N) is 1. The Morgan fingerprint density at radius 1 is 0.944 bits per heavy atom. The molecule has 2 nitrogen and oxygen atoms in total. The normalized spacial score (nSPS) is 10.7. The minimum absolute atomic E-state index is 0.695. The Labute approximate surface area is 111 Å². The van der Waals surface area contributed by atoms with Gasteiger partial charge in [0, 0.05) is 5.69 Å². The van der Waals surface area contributed by atoms with Gasteiger partial charge in [0.25, 0.3) is 0 Å². The van der Waals surface area contributed by atoms with Crippen molar-refractivity contribution in [2.24, 2.45) is 0 Å². The third-order valence-corrected chi connectivity index (χ3v) is 3.45. The molecule has 1 aromatic heterocycles. The summed E-state index contributed by atoms with van der Waals surface area (Å²) in [5, 5.41) is 0. The lowest BCUT2D eigenvalue weighted by Crippen LogP contribution is -1.88. The minimum atomic E-state index is 0.695. The Morgan fingerprint density at radius 3 is 2.11 bits per heavy atom. The molecule has 0 bridgehead atoms. The number of aldehydes is 1. The molecule has 0 aliphatic rings. The molecule has 0 atom stereocenters. The van der Waals surface area contributed by atoms with Crippen molar-refractivity contribution in [3.05, 3.63) is 23.5 Å². The number of carbonyl (C=O) groups is 1. The van der Waals surface area contributed by atoms with Gasteiger partial charge in [0.1, 0.15) is 0 Å². The second-order valence-electron chi connectivity index (χ2n) is 5.14. The number of H-pyrrole nitrogens is 1. The van der Waals surface area contributed by atoms with Crippen LogP contribution in [0.5, 0.6) is 0 Å². The third kappa shape index (κ3) is 6.63. The largest absolute Gasteiger partial charge is 0.356 e. The van der Waals surface area contributed by atoms with Gasteiger partial charge in [-0.3, -0.25) is 4.79 Å². The van der Waals surface area contributed by atoms with Gasteiger partial charge in [0.05, 0.1) is 5.69 Å². The van der Waals surface area contributed by atoms with E-state index in [1.807, 2.05) is 12.1 Å². The Bertz CT molecular complexity index is 317. The molecule has 0 fully saturated rings. The van der Waals surface area contributed by atoms with Gasteiger partial charge in [0.2, 0.25) is 0 Å². The maximum absolute atomic E-state index is 10.5. The fraction of sp³-hybridized carbons (Fsp3) is 0.688. The zero-order valence-electron chi connectivity index (χ0n) is 11.7. The summed E-state index contributed by atoms with van der Waals surface area (Å²) in [5.41, 5.74) is 1.89. The van der Waals surface area contributed by atoms with Crippen molar-refractivity contribution in [1.82, 2.24) is 4.98 Å². The summed E-state index contributed by atoms with van der Waals surface area (Å²) in [7, 11) is 0. The van der Waals surface area contributed by atoms with Crippen molar-refractivity contribution in [1.29, 1.82) is 0 Å². The number of aromatic nitrogens is 1. The molecule has 18 heavy (non-hydrogen) atoms. The Morgan fingerprint density at radius 2 is 1.56 bits per heavy atom. The maximum atomic E-state index is 10.5. The van der Waals surface area contributed by atoms with Gasteiger partial charge in [0.15, 0.2) is 6.29 Å². The quantitative estimate of drug-likeness (QED) is 0.439. The predicted molar refractivity (Wildman–Crippen MR) is 77.1 cm³/mol. The standard InChI is InChI=1S/C16H27NO/c1-2-3-4-5-6-7-8-9-10-11-15-12-13-16(14-18)17-15/h12-14,17H,2-11H2,1H3. The van der Waals surface area contributed by atoms with Gasteiger partial charge in [-0.2, -0.15) is 0 Å². The van der Waals surface area contributed by atoms with Crippen molar-refractivity contribution >= 4 is 6.29 Å². The van der Waals surface area contributed by atoms with E-state index in [1.54, 1.807) is 0 Å². The highest BCUT2D eigenvalue weighted by Gasteiger charge is 1.97. The van der Waals surface area contributed by atoms with Gasteiger partial charge < -0.3 is 4.98 Å². The van der Waals surface area contributed by atoms with Crippen LogP contribution < -0.4 is 0 Å². The molecule has 0 saturated carbocycles. The number of unbranched alkanes of at least 4 members (excludes halogenated alkanes) is 8. The summed E-state index contributed by atoms with van der Waals surface area (Å²) in [5.74, 6) is 0. The fourth-order valence-corrected chi connectivity index (χ4v) is 2.30.